The van der Waals surface area contributed by atoms with Gasteiger partial charge >= 0.3 is 0 Å². The van der Waals surface area contributed by atoms with Crippen LogP contribution in [0.4, 0.5) is 0 Å². The van der Waals surface area contributed by atoms with Gasteiger partial charge in [0.05, 0.1) is 12.2 Å². The molecular weight excluding hydrogens is 234 g/mol. The van der Waals surface area contributed by atoms with E-state index >= 15 is 0 Å². The molecule has 5 unspecified atom stereocenters. The van der Waals surface area contributed by atoms with E-state index in [2.05, 4.69) is 11.8 Å². The van der Waals surface area contributed by atoms with Gasteiger partial charge in [-0.1, -0.05) is 6.42 Å². The molecule has 98 valence electrons. The lowest BCUT2D eigenvalue weighted by molar-refractivity contribution is -0.0715. The van der Waals surface area contributed by atoms with E-state index in [0.29, 0.717) is 12.0 Å². The van der Waals surface area contributed by atoms with Gasteiger partial charge in [0.15, 0.2) is 0 Å². The molecule has 0 N–H and O–H groups in total. The smallest absolute Gasteiger partial charge is 0.0841 e. The molecule has 5 atom stereocenters. The van der Waals surface area contributed by atoms with Crippen molar-refractivity contribution in [2.45, 2.75) is 44.8 Å². The fourth-order valence-corrected chi connectivity index (χ4v) is 4.48. The molecule has 0 spiro atoms. The molecule has 0 radical (unpaired) electrons. The molecule has 0 aromatic rings. The van der Waals surface area contributed by atoms with Crippen molar-refractivity contribution in [3.63, 3.8) is 0 Å². The summed E-state index contributed by atoms with van der Waals surface area (Å²) in [6.07, 6.45) is 6.61. The highest BCUT2D eigenvalue weighted by molar-refractivity contribution is 6.18. The van der Waals surface area contributed by atoms with Gasteiger partial charge in [0, 0.05) is 25.5 Å². The Bertz CT molecular complexity index is 273. The van der Waals surface area contributed by atoms with E-state index in [9.17, 15) is 0 Å². The monoisotopic (exact) mass is 257 g/mol. The molecule has 3 rings (SSSR count). The lowest BCUT2D eigenvalue weighted by Crippen LogP contribution is -2.49. The minimum absolute atomic E-state index is 0.249. The van der Waals surface area contributed by atoms with Crippen LogP contribution in [0.15, 0.2) is 0 Å². The lowest BCUT2D eigenvalue weighted by Gasteiger charge is -2.38. The molecule has 2 nitrogen and oxygen atoms in total. The molecule has 1 saturated heterocycles. The highest BCUT2D eigenvalue weighted by Crippen LogP contribution is 2.48. The van der Waals surface area contributed by atoms with Crippen LogP contribution in [0.5, 0.6) is 0 Å². The van der Waals surface area contributed by atoms with E-state index in [4.69, 9.17) is 16.3 Å². The van der Waals surface area contributed by atoms with Crippen LogP contribution in [-0.4, -0.2) is 42.6 Å². The molecule has 3 aliphatic rings. The predicted octanol–water partition coefficient (Wildman–Crippen LogP) is 2.75. The van der Waals surface area contributed by atoms with Gasteiger partial charge in [0.2, 0.25) is 0 Å². The third-order valence-electron chi connectivity index (χ3n) is 4.95. The molecule has 0 aromatic heterocycles. The van der Waals surface area contributed by atoms with E-state index in [1.807, 2.05) is 0 Å². The van der Waals surface area contributed by atoms with Crippen molar-refractivity contribution < 1.29 is 4.74 Å². The number of ether oxygens (including phenoxy) is 1. The number of alkyl halides is 1. The first-order valence-corrected chi connectivity index (χ1v) is 7.72. The van der Waals surface area contributed by atoms with E-state index in [-0.39, 0.29) is 6.10 Å². The number of fused-ring (bicyclic) bond motifs is 2. The number of hydrogen-bond donors (Lipinski definition) is 0. The molecule has 0 amide bonds. The highest BCUT2D eigenvalue weighted by Gasteiger charge is 2.40. The Morgan fingerprint density at radius 2 is 2.12 bits per heavy atom. The Morgan fingerprint density at radius 1 is 1.24 bits per heavy atom. The second-order valence-electron chi connectivity index (χ2n) is 6.38. The van der Waals surface area contributed by atoms with Crippen molar-refractivity contribution in [3.05, 3.63) is 0 Å². The summed E-state index contributed by atoms with van der Waals surface area (Å²) in [6, 6.07) is 0. The molecule has 17 heavy (non-hydrogen) atoms. The van der Waals surface area contributed by atoms with Crippen molar-refractivity contribution >= 4 is 11.6 Å². The summed E-state index contributed by atoms with van der Waals surface area (Å²) in [5, 5.41) is 0. The van der Waals surface area contributed by atoms with Gasteiger partial charge < -0.3 is 4.74 Å². The third kappa shape index (κ3) is 2.64. The fraction of sp³-hybridized carbons (Fsp3) is 1.00. The van der Waals surface area contributed by atoms with Crippen molar-refractivity contribution in [1.82, 2.24) is 4.90 Å². The molecule has 0 aromatic carbocycles. The summed E-state index contributed by atoms with van der Waals surface area (Å²) in [5.41, 5.74) is 0. The molecule has 1 heterocycles. The first-order valence-electron chi connectivity index (χ1n) is 7.18. The molecule has 3 fully saturated rings. The van der Waals surface area contributed by atoms with E-state index in [1.54, 1.807) is 0 Å². The fourth-order valence-electron chi connectivity index (χ4n) is 4.31. The van der Waals surface area contributed by atoms with Crippen LogP contribution in [0, 0.1) is 17.8 Å². The summed E-state index contributed by atoms with van der Waals surface area (Å²) >= 11 is 5.94. The van der Waals surface area contributed by atoms with Crippen LogP contribution in [0.2, 0.25) is 0 Å². The highest BCUT2D eigenvalue weighted by atomic mass is 35.5. The zero-order valence-corrected chi connectivity index (χ0v) is 11.5. The van der Waals surface area contributed by atoms with Gasteiger partial charge in [-0.05, 0) is 43.9 Å². The Morgan fingerprint density at radius 3 is 2.76 bits per heavy atom. The van der Waals surface area contributed by atoms with Crippen LogP contribution in [0.3, 0.4) is 0 Å². The van der Waals surface area contributed by atoms with Crippen molar-refractivity contribution in [1.29, 1.82) is 0 Å². The van der Waals surface area contributed by atoms with Crippen molar-refractivity contribution in [3.8, 4) is 0 Å². The summed E-state index contributed by atoms with van der Waals surface area (Å²) in [6.45, 7) is 5.61. The van der Waals surface area contributed by atoms with Crippen LogP contribution in [-0.2, 0) is 4.74 Å². The van der Waals surface area contributed by atoms with Gasteiger partial charge in [0.25, 0.3) is 0 Å². The van der Waals surface area contributed by atoms with Crippen LogP contribution in [0.1, 0.15) is 32.6 Å². The minimum atomic E-state index is 0.249. The summed E-state index contributed by atoms with van der Waals surface area (Å²) in [4.78, 5) is 2.60. The first-order chi connectivity index (χ1) is 8.24. The summed E-state index contributed by atoms with van der Waals surface area (Å²) < 4.78 is 5.82. The molecule has 1 aliphatic heterocycles. The van der Waals surface area contributed by atoms with Crippen molar-refractivity contribution in [2.75, 3.05) is 25.5 Å². The Kier molecular flexibility index (Phi) is 3.65. The molecule has 2 bridgehead atoms. The van der Waals surface area contributed by atoms with Gasteiger partial charge in [-0.3, -0.25) is 4.90 Å². The maximum atomic E-state index is 5.94. The van der Waals surface area contributed by atoms with E-state index in [1.165, 1.54) is 32.2 Å². The number of morpholine rings is 1. The molecule has 2 saturated carbocycles. The Labute approximate surface area is 110 Å². The largest absolute Gasteiger partial charge is 0.371 e. The second-order valence-corrected chi connectivity index (χ2v) is 6.69. The SMILES string of the molecule is CC1CN(CC2CC3CCC2C3)CC(CCl)O1. The number of hydrogen-bond acceptors (Lipinski definition) is 2. The number of nitrogens with zero attached hydrogens (tertiary/aromatic N) is 1. The van der Waals surface area contributed by atoms with E-state index in [0.717, 1.165) is 30.8 Å². The Balaban J connectivity index is 1.54. The minimum Gasteiger partial charge on any atom is -0.371 e. The third-order valence-corrected chi connectivity index (χ3v) is 5.30. The van der Waals surface area contributed by atoms with Gasteiger partial charge in [0.1, 0.15) is 0 Å². The van der Waals surface area contributed by atoms with E-state index < -0.39 is 0 Å². The van der Waals surface area contributed by atoms with Gasteiger partial charge in [-0.15, -0.1) is 11.6 Å². The maximum absolute atomic E-state index is 5.94. The zero-order valence-electron chi connectivity index (χ0n) is 10.8. The topological polar surface area (TPSA) is 12.5 Å². The van der Waals surface area contributed by atoms with Crippen LogP contribution in [0.25, 0.3) is 0 Å². The normalized spacial score (nSPS) is 46.6. The molecular formula is C14H24ClNO. The first kappa shape index (κ1) is 12.3. The maximum Gasteiger partial charge on any atom is 0.0841 e. The van der Waals surface area contributed by atoms with Gasteiger partial charge in [-0.25, -0.2) is 0 Å². The van der Waals surface area contributed by atoms with Crippen molar-refractivity contribution in [2.24, 2.45) is 17.8 Å². The average molecular weight is 258 g/mol. The quantitative estimate of drug-likeness (QED) is 0.721. The lowest BCUT2D eigenvalue weighted by atomic mass is 9.88. The second kappa shape index (κ2) is 5.07. The number of halogens is 1. The predicted molar refractivity (Wildman–Crippen MR) is 70.4 cm³/mol. The van der Waals surface area contributed by atoms with Gasteiger partial charge in [-0.2, -0.15) is 0 Å². The summed E-state index contributed by atoms with van der Waals surface area (Å²) in [7, 11) is 0. The Hall–Kier alpha value is 0.210. The number of rotatable bonds is 3. The molecule has 3 heteroatoms. The average Bonchev–Trinajstić information content (AvgIpc) is 2.90. The zero-order chi connectivity index (χ0) is 11.8. The van der Waals surface area contributed by atoms with Crippen LogP contribution < -0.4 is 0 Å². The molecule has 2 aliphatic carbocycles. The summed E-state index contributed by atoms with van der Waals surface area (Å²) in [5.74, 6) is 3.70. The standard InChI is InChI=1S/C14H24ClNO/c1-10-7-16(9-14(6-15)17-10)8-13-5-11-2-3-12(13)4-11/h10-14H,2-9H2,1H3. The van der Waals surface area contributed by atoms with Crippen LogP contribution >= 0.6 is 11.6 Å².